The first kappa shape index (κ1) is 12.9. The lowest BCUT2D eigenvalue weighted by Gasteiger charge is -2.11. The number of aliphatic hydroxyl groups excluding tert-OH is 1. The summed E-state index contributed by atoms with van der Waals surface area (Å²) in [7, 11) is 0. The van der Waals surface area contributed by atoms with Gasteiger partial charge in [0.2, 0.25) is 0 Å². The van der Waals surface area contributed by atoms with Gasteiger partial charge in [0.25, 0.3) is 0 Å². The highest BCUT2D eigenvalue weighted by atomic mass is 32.1. The molecule has 1 heterocycles. The number of aromatic nitrogens is 1. The fraction of sp³-hybridized carbons (Fsp3) is 0.600. The number of rotatable bonds is 5. The minimum absolute atomic E-state index is 0.0654. The maximum absolute atomic E-state index is 11.3. The van der Waals surface area contributed by atoms with E-state index in [0.717, 1.165) is 17.1 Å². The number of hydrogen-bond donors (Lipinski definition) is 3. The van der Waals surface area contributed by atoms with Crippen LogP contribution < -0.4 is 10.6 Å². The van der Waals surface area contributed by atoms with Crippen molar-refractivity contribution in [1.29, 1.82) is 0 Å². The molecule has 90 valence electrons. The number of aliphatic hydroxyl groups is 1. The molecule has 0 saturated carbocycles. The summed E-state index contributed by atoms with van der Waals surface area (Å²) in [6.45, 7) is 4.13. The average molecular weight is 243 g/mol. The van der Waals surface area contributed by atoms with Gasteiger partial charge >= 0.3 is 6.03 Å². The van der Waals surface area contributed by atoms with Crippen LogP contribution in [0.1, 0.15) is 24.5 Å². The van der Waals surface area contributed by atoms with Crippen molar-refractivity contribution in [3.63, 3.8) is 0 Å². The molecule has 0 radical (unpaired) electrons. The van der Waals surface area contributed by atoms with Gasteiger partial charge in [-0.15, -0.1) is 11.3 Å². The van der Waals surface area contributed by atoms with Crippen molar-refractivity contribution in [3.05, 3.63) is 16.1 Å². The first-order chi connectivity index (χ1) is 7.65. The van der Waals surface area contributed by atoms with E-state index >= 15 is 0 Å². The molecular weight excluding hydrogens is 226 g/mol. The number of nitrogens with zero attached hydrogens (tertiary/aromatic N) is 1. The molecule has 2 amide bonds. The van der Waals surface area contributed by atoms with Gasteiger partial charge in [0, 0.05) is 5.38 Å². The third-order valence-electron chi connectivity index (χ3n) is 1.98. The molecule has 0 fully saturated rings. The van der Waals surface area contributed by atoms with Crippen LogP contribution in [0, 0.1) is 0 Å². The highest BCUT2D eigenvalue weighted by Gasteiger charge is 2.06. The molecule has 1 rings (SSSR count). The van der Waals surface area contributed by atoms with Crippen molar-refractivity contribution in [2.75, 3.05) is 6.61 Å². The Bertz CT molecular complexity index is 341. The Morgan fingerprint density at radius 1 is 1.69 bits per heavy atom. The third-order valence-corrected chi connectivity index (χ3v) is 3.03. The Morgan fingerprint density at radius 3 is 3.00 bits per heavy atom. The SMILES string of the molecule is CCc1nc(CNC(=O)NC(C)CO)cs1. The standard InChI is InChI=1S/C10H17N3O2S/c1-3-9-13-8(6-16-9)4-11-10(15)12-7(2)5-14/h6-7,14H,3-5H2,1-2H3,(H2,11,12,15). The van der Waals surface area contributed by atoms with E-state index < -0.39 is 0 Å². The number of nitrogens with one attached hydrogen (secondary N) is 2. The molecule has 5 nitrogen and oxygen atoms in total. The summed E-state index contributed by atoms with van der Waals surface area (Å²) < 4.78 is 0. The van der Waals surface area contributed by atoms with Crippen LogP contribution in [-0.4, -0.2) is 28.8 Å². The monoisotopic (exact) mass is 243 g/mol. The molecule has 3 N–H and O–H groups in total. The van der Waals surface area contributed by atoms with Crippen LogP contribution in [0.2, 0.25) is 0 Å². The maximum Gasteiger partial charge on any atom is 0.315 e. The lowest BCUT2D eigenvalue weighted by atomic mass is 10.4. The fourth-order valence-corrected chi connectivity index (χ4v) is 1.83. The zero-order chi connectivity index (χ0) is 12.0. The molecule has 1 aromatic heterocycles. The minimum Gasteiger partial charge on any atom is -0.394 e. The molecule has 0 aromatic carbocycles. The Morgan fingerprint density at radius 2 is 2.44 bits per heavy atom. The zero-order valence-corrected chi connectivity index (χ0v) is 10.3. The summed E-state index contributed by atoms with van der Waals surface area (Å²) in [6, 6.07) is -0.519. The Balaban J connectivity index is 2.31. The quantitative estimate of drug-likeness (QED) is 0.719. The van der Waals surface area contributed by atoms with Crippen molar-refractivity contribution < 1.29 is 9.90 Å². The van der Waals surface area contributed by atoms with Gasteiger partial charge in [-0.05, 0) is 13.3 Å². The van der Waals surface area contributed by atoms with E-state index in [1.807, 2.05) is 12.3 Å². The lowest BCUT2D eigenvalue weighted by Crippen LogP contribution is -2.42. The van der Waals surface area contributed by atoms with E-state index in [4.69, 9.17) is 5.11 Å². The van der Waals surface area contributed by atoms with E-state index in [2.05, 4.69) is 15.6 Å². The van der Waals surface area contributed by atoms with E-state index in [1.54, 1.807) is 18.3 Å². The van der Waals surface area contributed by atoms with Gasteiger partial charge in [-0.25, -0.2) is 9.78 Å². The van der Waals surface area contributed by atoms with Gasteiger partial charge in [-0.2, -0.15) is 0 Å². The average Bonchev–Trinajstić information content (AvgIpc) is 2.74. The number of amides is 2. The van der Waals surface area contributed by atoms with Crippen molar-refractivity contribution in [2.45, 2.75) is 32.9 Å². The maximum atomic E-state index is 11.3. The largest absolute Gasteiger partial charge is 0.394 e. The van der Waals surface area contributed by atoms with Gasteiger partial charge in [-0.1, -0.05) is 6.92 Å². The highest BCUT2D eigenvalue weighted by Crippen LogP contribution is 2.09. The van der Waals surface area contributed by atoms with Crippen LogP contribution >= 0.6 is 11.3 Å². The van der Waals surface area contributed by atoms with Crippen molar-refractivity contribution in [1.82, 2.24) is 15.6 Å². The van der Waals surface area contributed by atoms with Crippen LogP contribution in [0.25, 0.3) is 0 Å². The molecule has 1 aromatic rings. The third kappa shape index (κ3) is 4.16. The van der Waals surface area contributed by atoms with Gasteiger partial charge in [0.05, 0.1) is 29.9 Å². The second kappa shape index (κ2) is 6.44. The first-order valence-corrected chi connectivity index (χ1v) is 6.12. The predicted octanol–water partition coefficient (Wildman–Crippen LogP) is 0.885. The number of hydrogen-bond acceptors (Lipinski definition) is 4. The highest BCUT2D eigenvalue weighted by molar-refractivity contribution is 7.09. The van der Waals surface area contributed by atoms with Crippen LogP contribution in [0.5, 0.6) is 0 Å². The summed E-state index contributed by atoms with van der Waals surface area (Å²) in [5, 5.41) is 17.0. The summed E-state index contributed by atoms with van der Waals surface area (Å²) in [5.41, 5.74) is 0.869. The molecule has 16 heavy (non-hydrogen) atoms. The van der Waals surface area contributed by atoms with E-state index in [0.29, 0.717) is 6.54 Å². The predicted molar refractivity (Wildman–Crippen MR) is 63.4 cm³/mol. The van der Waals surface area contributed by atoms with E-state index in [1.165, 1.54) is 0 Å². The van der Waals surface area contributed by atoms with Crippen molar-refractivity contribution in [3.8, 4) is 0 Å². The van der Waals surface area contributed by atoms with Crippen LogP contribution in [0.15, 0.2) is 5.38 Å². The minimum atomic E-state index is -0.285. The smallest absolute Gasteiger partial charge is 0.315 e. The van der Waals surface area contributed by atoms with Crippen molar-refractivity contribution in [2.24, 2.45) is 0 Å². The summed E-state index contributed by atoms with van der Waals surface area (Å²) in [4.78, 5) is 15.6. The van der Waals surface area contributed by atoms with Crippen LogP contribution in [0.3, 0.4) is 0 Å². The molecule has 6 heteroatoms. The van der Waals surface area contributed by atoms with Crippen LogP contribution in [0.4, 0.5) is 4.79 Å². The molecular formula is C10H17N3O2S. The molecule has 0 saturated heterocycles. The molecule has 0 aliphatic carbocycles. The number of thiazole rings is 1. The normalized spacial score (nSPS) is 12.2. The number of carbonyl (C=O) groups excluding carboxylic acids is 1. The van der Waals surface area contributed by atoms with Gasteiger partial charge in [0.15, 0.2) is 0 Å². The molecule has 0 bridgehead atoms. The second-order valence-corrected chi connectivity index (χ2v) is 4.44. The van der Waals surface area contributed by atoms with Gasteiger partial charge in [-0.3, -0.25) is 0 Å². The van der Waals surface area contributed by atoms with Gasteiger partial charge < -0.3 is 15.7 Å². The molecule has 1 unspecified atom stereocenters. The first-order valence-electron chi connectivity index (χ1n) is 5.24. The lowest BCUT2D eigenvalue weighted by molar-refractivity contribution is 0.220. The Labute approximate surface area is 98.9 Å². The topological polar surface area (TPSA) is 74.2 Å². The summed E-state index contributed by atoms with van der Waals surface area (Å²) >= 11 is 1.60. The fourth-order valence-electron chi connectivity index (χ4n) is 1.08. The number of carbonyl (C=O) groups is 1. The molecule has 0 aliphatic rings. The summed E-state index contributed by atoms with van der Waals surface area (Å²) in [5.74, 6) is 0. The van der Waals surface area contributed by atoms with Gasteiger partial charge in [0.1, 0.15) is 0 Å². The Kier molecular flexibility index (Phi) is 5.21. The van der Waals surface area contributed by atoms with E-state index in [9.17, 15) is 4.79 Å². The number of aryl methyl sites for hydroxylation is 1. The Hall–Kier alpha value is -1.14. The molecule has 0 aliphatic heterocycles. The van der Waals surface area contributed by atoms with Crippen molar-refractivity contribution >= 4 is 17.4 Å². The molecule has 0 spiro atoms. The second-order valence-electron chi connectivity index (χ2n) is 3.50. The van der Waals surface area contributed by atoms with Crippen LogP contribution in [-0.2, 0) is 13.0 Å². The van der Waals surface area contributed by atoms with E-state index in [-0.39, 0.29) is 18.7 Å². The zero-order valence-electron chi connectivity index (χ0n) is 9.49. The molecule has 1 atom stereocenters. The summed E-state index contributed by atoms with van der Waals surface area (Å²) in [6.07, 6.45) is 0.915. The number of urea groups is 1.